The second-order valence-corrected chi connectivity index (χ2v) is 7.53. The van der Waals surface area contributed by atoms with E-state index in [0.29, 0.717) is 22.7 Å². The van der Waals surface area contributed by atoms with E-state index in [1.165, 1.54) is 5.56 Å². The van der Waals surface area contributed by atoms with Gasteiger partial charge in [0, 0.05) is 44.3 Å². The molecule has 29 heavy (non-hydrogen) atoms. The molecule has 0 saturated carbocycles. The van der Waals surface area contributed by atoms with Crippen molar-refractivity contribution in [2.75, 3.05) is 37.7 Å². The van der Waals surface area contributed by atoms with Crippen LogP contribution in [0.2, 0.25) is 5.02 Å². The fourth-order valence-electron chi connectivity index (χ4n) is 3.84. The summed E-state index contributed by atoms with van der Waals surface area (Å²) in [6.45, 7) is 6.56. The molecule has 4 rings (SSSR count). The number of pyridine rings is 1. The van der Waals surface area contributed by atoms with Crippen molar-refractivity contribution in [3.8, 4) is 0 Å². The number of carbonyl (C=O) groups excluding carboxylic acids is 1. The van der Waals surface area contributed by atoms with Gasteiger partial charge in [-0.2, -0.15) is 0 Å². The second kappa shape index (κ2) is 8.80. The molecule has 1 aliphatic rings. The summed E-state index contributed by atoms with van der Waals surface area (Å²) in [5.41, 5.74) is 3.40. The molecule has 5 nitrogen and oxygen atoms in total. The van der Waals surface area contributed by atoms with E-state index in [4.69, 9.17) is 16.3 Å². The van der Waals surface area contributed by atoms with E-state index in [-0.39, 0.29) is 5.97 Å². The van der Waals surface area contributed by atoms with E-state index in [1.807, 2.05) is 31.2 Å². The van der Waals surface area contributed by atoms with E-state index >= 15 is 0 Å². The summed E-state index contributed by atoms with van der Waals surface area (Å²) in [4.78, 5) is 21.7. The number of piperazine rings is 1. The Morgan fingerprint density at radius 1 is 1.07 bits per heavy atom. The number of hydrogen-bond acceptors (Lipinski definition) is 5. The highest BCUT2D eigenvalue weighted by Gasteiger charge is 2.25. The molecule has 0 N–H and O–H groups in total. The summed E-state index contributed by atoms with van der Waals surface area (Å²) >= 11 is 6.37. The summed E-state index contributed by atoms with van der Waals surface area (Å²) in [5.74, 6) is -0.344. The molecule has 1 aromatic heterocycles. The standard InChI is InChI=1S/C23H24ClN3O2/c1-2-29-23(28)19-15-25-21-18(9-6-10-20(21)24)22(19)27-13-11-26(12-14-27)16-17-7-4-3-5-8-17/h3-10,15H,2,11-14,16H2,1H3. The molecular formula is C23H24ClN3O2. The number of para-hydroxylation sites is 1. The fraction of sp³-hybridized carbons (Fsp3) is 0.304. The van der Waals surface area contributed by atoms with E-state index < -0.39 is 0 Å². The van der Waals surface area contributed by atoms with Crippen LogP contribution in [-0.2, 0) is 11.3 Å². The Balaban J connectivity index is 1.62. The SMILES string of the molecule is CCOC(=O)c1cnc2c(Cl)cccc2c1N1CCN(Cc2ccccc2)CC1. The number of esters is 1. The third kappa shape index (κ3) is 4.21. The van der Waals surface area contributed by atoms with E-state index in [9.17, 15) is 4.79 Å². The predicted molar refractivity (Wildman–Crippen MR) is 117 cm³/mol. The van der Waals surface area contributed by atoms with Gasteiger partial charge in [0.25, 0.3) is 0 Å². The summed E-state index contributed by atoms with van der Waals surface area (Å²) in [7, 11) is 0. The maximum absolute atomic E-state index is 12.6. The highest BCUT2D eigenvalue weighted by atomic mass is 35.5. The lowest BCUT2D eigenvalue weighted by Crippen LogP contribution is -2.46. The topological polar surface area (TPSA) is 45.7 Å². The number of ether oxygens (including phenoxy) is 1. The zero-order chi connectivity index (χ0) is 20.2. The van der Waals surface area contributed by atoms with Crippen molar-refractivity contribution in [3.63, 3.8) is 0 Å². The lowest BCUT2D eigenvalue weighted by Gasteiger charge is -2.37. The molecule has 2 aromatic carbocycles. The van der Waals surface area contributed by atoms with Crippen molar-refractivity contribution in [3.05, 3.63) is 70.9 Å². The van der Waals surface area contributed by atoms with E-state index in [2.05, 4.69) is 39.0 Å². The summed E-state index contributed by atoms with van der Waals surface area (Å²) in [5, 5.41) is 1.47. The zero-order valence-corrected chi connectivity index (χ0v) is 17.2. The molecule has 0 radical (unpaired) electrons. The van der Waals surface area contributed by atoms with Crippen LogP contribution in [0.5, 0.6) is 0 Å². The maximum atomic E-state index is 12.6. The Labute approximate surface area is 175 Å². The van der Waals surface area contributed by atoms with Crippen molar-refractivity contribution in [2.24, 2.45) is 0 Å². The van der Waals surface area contributed by atoms with Crippen LogP contribution in [0, 0.1) is 0 Å². The van der Waals surface area contributed by atoms with Gasteiger partial charge in [-0.25, -0.2) is 4.79 Å². The molecule has 150 valence electrons. The highest BCUT2D eigenvalue weighted by molar-refractivity contribution is 6.35. The number of halogens is 1. The molecule has 0 atom stereocenters. The van der Waals surface area contributed by atoms with Crippen molar-refractivity contribution < 1.29 is 9.53 Å². The van der Waals surface area contributed by atoms with Crippen LogP contribution in [0.15, 0.2) is 54.7 Å². The monoisotopic (exact) mass is 409 g/mol. The van der Waals surface area contributed by atoms with Gasteiger partial charge < -0.3 is 9.64 Å². The predicted octanol–water partition coefficient (Wildman–Crippen LogP) is 4.39. The number of aromatic nitrogens is 1. The number of carbonyl (C=O) groups is 1. The van der Waals surface area contributed by atoms with Crippen molar-refractivity contribution in [1.29, 1.82) is 0 Å². The van der Waals surface area contributed by atoms with Crippen molar-refractivity contribution >= 4 is 34.2 Å². The van der Waals surface area contributed by atoms with Gasteiger partial charge in [-0.05, 0) is 18.6 Å². The summed E-state index contributed by atoms with van der Waals surface area (Å²) in [6, 6.07) is 16.2. The van der Waals surface area contributed by atoms with Crippen LogP contribution >= 0.6 is 11.6 Å². The third-order valence-corrected chi connectivity index (χ3v) is 5.56. The van der Waals surface area contributed by atoms with Crippen LogP contribution in [0.3, 0.4) is 0 Å². The Kier molecular flexibility index (Phi) is 5.97. The Bertz CT molecular complexity index is 1000. The third-order valence-electron chi connectivity index (χ3n) is 5.25. The number of fused-ring (bicyclic) bond motifs is 1. The van der Waals surface area contributed by atoms with Crippen LogP contribution in [-0.4, -0.2) is 48.6 Å². The maximum Gasteiger partial charge on any atom is 0.341 e. The van der Waals surface area contributed by atoms with Crippen LogP contribution in [0.25, 0.3) is 10.9 Å². The Hall–Kier alpha value is -2.63. The van der Waals surface area contributed by atoms with Gasteiger partial charge >= 0.3 is 5.97 Å². The Morgan fingerprint density at radius 3 is 2.55 bits per heavy atom. The zero-order valence-electron chi connectivity index (χ0n) is 16.5. The molecule has 3 aromatic rings. The van der Waals surface area contributed by atoms with Crippen LogP contribution < -0.4 is 4.90 Å². The van der Waals surface area contributed by atoms with Gasteiger partial charge in [0.2, 0.25) is 0 Å². The van der Waals surface area contributed by atoms with Gasteiger partial charge in [-0.1, -0.05) is 54.1 Å². The molecule has 0 aliphatic carbocycles. The summed E-state index contributed by atoms with van der Waals surface area (Å²) < 4.78 is 5.29. The van der Waals surface area contributed by atoms with E-state index in [1.54, 1.807) is 6.20 Å². The number of rotatable bonds is 5. The first-order valence-electron chi connectivity index (χ1n) is 9.93. The van der Waals surface area contributed by atoms with Gasteiger partial charge in [-0.3, -0.25) is 9.88 Å². The average molecular weight is 410 g/mol. The normalized spacial score (nSPS) is 14.9. The first kappa shape index (κ1) is 19.7. The minimum atomic E-state index is -0.344. The molecule has 1 saturated heterocycles. The first-order chi connectivity index (χ1) is 14.2. The molecule has 1 aliphatic heterocycles. The molecule has 1 fully saturated rings. The second-order valence-electron chi connectivity index (χ2n) is 7.13. The van der Waals surface area contributed by atoms with Gasteiger partial charge in [0.1, 0.15) is 5.56 Å². The number of nitrogens with zero attached hydrogens (tertiary/aromatic N) is 3. The van der Waals surface area contributed by atoms with Crippen LogP contribution in [0.4, 0.5) is 5.69 Å². The largest absolute Gasteiger partial charge is 0.462 e. The van der Waals surface area contributed by atoms with Crippen LogP contribution in [0.1, 0.15) is 22.8 Å². The molecule has 2 heterocycles. The van der Waals surface area contributed by atoms with Gasteiger partial charge in [-0.15, -0.1) is 0 Å². The summed E-state index contributed by atoms with van der Waals surface area (Å²) in [6.07, 6.45) is 1.60. The Morgan fingerprint density at radius 2 is 1.83 bits per heavy atom. The average Bonchev–Trinajstić information content (AvgIpc) is 2.75. The molecule has 6 heteroatoms. The van der Waals surface area contributed by atoms with E-state index in [0.717, 1.165) is 43.8 Å². The van der Waals surface area contributed by atoms with Gasteiger partial charge in [0.05, 0.1) is 22.8 Å². The van der Waals surface area contributed by atoms with Crippen molar-refractivity contribution in [2.45, 2.75) is 13.5 Å². The first-order valence-corrected chi connectivity index (χ1v) is 10.3. The number of anilines is 1. The lowest BCUT2D eigenvalue weighted by molar-refractivity contribution is 0.0526. The molecular weight excluding hydrogens is 386 g/mol. The van der Waals surface area contributed by atoms with Gasteiger partial charge in [0.15, 0.2) is 0 Å². The minimum absolute atomic E-state index is 0.330. The highest BCUT2D eigenvalue weighted by Crippen LogP contribution is 2.34. The number of hydrogen-bond donors (Lipinski definition) is 0. The lowest BCUT2D eigenvalue weighted by atomic mass is 10.1. The molecule has 0 bridgehead atoms. The fourth-order valence-corrected chi connectivity index (χ4v) is 4.07. The smallest absolute Gasteiger partial charge is 0.341 e. The quantitative estimate of drug-likeness (QED) is 0.585. The molecule has 0 unspecified atom stereocenters. The molecule has 0 amide bonds. The van der Waals surface area contributed by atoms with Crippen molar-refractivity contribution in [1.82, 2.24) is 9.88 Å². The number of benzene rings is 2. The molecule has 0 spiro atoms. The minimum Gasteiger partial charge on any atom is -0.462 e.